The second kappa shape index (κ2) is 6.47. The Hall–Kier alpha value is -0.260. The summed E-state index contributed by atoms with van der Waals surface area (Å²) in [5, 5.41) is 0. The lowest BCUT2D eigenvalue weighted by Gasteiger charge is -2.45. The first kappa shape index (κ1) is 15.6. The zero-order chi connectivity index (χ0) is 15.0. The molecule has 2 aliphatic heterocycles. The Labute approximate surface area is 143 Å². The summed E-state index contributed by atoms with van der Waals surface area (Å²) in [6.07, 6.45) is 3.85. The zero-order valence-electron chi connectivity index (χ0n) is 12.6. The number of rotatable bonds is 3. The molecule has 0 saturated carbocycles. The molecule has 0 bridgehead atoms. The molecule has 2 atom stereocenters. The van der Waals surface area contributed by atoms with Gasteiger partial charge in [-0.2, -0.15) is 0 Å². The minimum Gasteiger partial charge on any atom is -0.495 e. The van der Waals surface area contributed by atoms with Crippen LogP contribution in [0.2, 0.25) is 0 Å². The van der Waals surface area contributed by atoms with E-state index in [1.54, 1.807) is 7.11 Å². The first-order chi connectivity index (χ1) is 10.1. The van der Waals surface area contributed by atoms with Crippen molar-refractivity contribution in [3.8, 4) is 5.75 Å². The number of fused-ring (bicyclic) bond motifs is 1. The monoisotopic (exact) mass is 416 g/mol. The van der Waals surface area contributed by atoms with E-state index < -0.39 is 0 Å². The summed E-state index contributed by atoms with van der Waals surface area (Å²) in [5.41, 5.74) is 1.26. The molecule has 2 aliphatic rings. The van der Waals surface area contributed by atoms with E-state index in [0.717, 1.165) is 21.2 Å². The molecule has 0 radical (unpaired) electrons. The zero-order valence-corrected chi connectivity index (χ0v) is 15.8. The molecule has 2 unspecified atom stereocenters. The maximum atomic E-state index is 5.48. The Bertz CT molecular complexity index is 523. The molecule has 21 heavy (non-hydrogen) atoms. The molecular formula is C16H22Br2N2O. The highest BCUT2D eigenvalue weighted by Crippen LogP contribution is 2.39. The van der Waals surface area contributed by atoms with Crippen LogP contribution in [0.3, 0.4) is 0 Å². The van der Waals surface area contributed by atoms with E-state index in [2.05, 4.69) is 60.7 Å². The molecule has 116 valence electrons. The summed E-state index contributed by atoms with van der Waals surface area (Å²) >= 11 is 7.30. The quantitative estimate of drug-likeness (QED) is 0.729. The van der Waals surface area contributed by atoms with Gasteiger partial charge in [0.15, 0.2) is 0 Å². The molecule has 0 amide bonds. The van der Waals surface area contributed by atoms with E-state index in [1.165, 1.54) is 38.0 Å². The highest BCUT2D eigenvalue weighted by Gasteiger charge is 2.36. The van der Waals surface area contributed by atoms with Crippen LogP contribution in [0.4, 0.5) is 5.69 Å². The van der Waals surface area contributed by atoms with E-state index in [-0.39, 0.29) is 0 Å². The van der Waals surface area contributed by atoms with Crippen molar-refractivity contribution in [2.45, 2.75) is 38.3 Å². The van der Waals surface area contributed by atoms with Crippen LogP contribution in [0.25, 0.3) is 0 Å². The predicted molar refractivity (Wildman–Crippen MR) is 94.4 cm³/mol. The molecule has 0 aromatic heterocycles. The van der Waals surface area contributed by atoms with Crippen LogP contribution in [0, 0.1) is 0 Å². The first-order valence-corrected chi connectivity index (χ1v) is 9.26. The lowest BCUT2D eigenvalue weighted by Crippen LogP contribution is -2.56. The maximum absolute atomic E-state index is 5.48. The summed E-state index contributed by atoms with van der Waals surface area (Å²) in [4.78, 5) is 5.25. The van der Waals surface area contributed by atoms with Crippen molar-refractivity contribution < 1.29 is 4.74 Å². The first-order valence-electron chi connectivity index (χ1n) is 7.67. The molecule has 3 rings (SSSR count). The summed E-state index contributed by atoms with van der Waals surface area (Å²) in [7, 11) is 1.73. The van der Waals surface area contributed by atoms with Gasteiger partial charge in [-0.25, -0.2) is 0 Å². The van der Waals surface area contributed by atoms with Crippen molar-refractivity contribution in [1.29, 1.82) is 0 Å². The third-order valence-corrected chi connectivity index (χ3v) is 6.05. The van der Waals surface area contributed by atoms with Crippen molar-refractivity contribution >= 4 is 37.5 Å². The minimum absolute atomic E-state index is 0.585. The molecule has 2 saturated heterocycles. The number of nitrogens with zero attached hydrogens (tertiary/aromatic N) is 2. The molecule has 0 aliphatic carbocycles. The standard InChI is InChI=1S/C16H22Br2N2O/c1-3-11-9-19-6-4-5-12(19)10-20(11)15-8-16(21-2)14(18)7-13(15)17/h7-8,11-12H,3-6,9-10H2,1-2H3. The van der Waals surface area contributed by atoms with E-state index in [4.69, 9.17) is 4.74 Å². The Morgan fingerprint density at radius 2 is 2.05 bits per heavy atom. The second-order valence-electron chi connectivity index (χ2n) is 5.94. The Kier molecular flexibility index (Phi) is 4.81. The molecule has 1 aromatic carbocycles. The molecule has 0 N–H and O–H groups in total. The molecule has 2 heterocycles. The van der Waals surface area contributed by atoms with Gasteiger partial charge in [0.25, 0.3) is 0 Å². The average Bonchev–Trinajstić information content (AvgIpc) is 2.93. The van der Waals surface area contributed by atoms with Gasteiger partial charge in [0.1, 0.15) is 5.75 Å². The van der Waals surface area contributed by atoms with Crippen LogP contribution in [0.1, 0.15) is 26.2 Å². The lowest BCUT2D eigenvalue weighted by atomic mass is 10.0. The molecule has 5 heteroatoms. The number of anilines is 1. The maximum Gasteiger partial charge on any atom is 0.135 e. The van der Waals surface area contributed by atoms with E-state index in [0.29, 0.717) is 12.1 Å². The van der Waals surface area contributed by atoms with E-state index in [9.17, 15) is 0 Å². The fourth-order valence-corrected chi connectivity index (χ4v) is 5.01. The van der Waals surface area contributed by atoms with Crippen molar-refractivity contribution in [3.63, 3.8) is 0 Å². The van der Waals surface area contributed by atoms with Gasteiger partial charge < -0.3 is 9.64 Å². The number of piperazine rings is 1. The second-order valence-corrected chi connectivity index (χ2v) is 7.65. The normalized spacial score (nSPS) is 26.0. The van der Waals surface area contributed by atoms with Gasteiger partial charge >= 0.3 is 0 Å². The van der Waals surface area contributed by atoms with E-state index >= 15 is 0 Å². The topological polar surface area (TPSA) is 15.7 Å². The fourth-order valence-electron chi connectivity index (χ4n) is 3.63. The molecular weight excluding hydrogens is 396 g/mol. The smallest absolute Gasteiger partial charge is 0.135 e. The van der Waals surface area contributed by atoms with E-state index in [1.807, 2.05) is 0 Å². The van der Waals surface area contributed by atoms with Gasteiger partial charge in [0, 0.05) is 35.7 Å². The van der Waals surface area contributed by atoms with Gasteiger partial charge in [-0.3, -0.25) is 4.90 Å². The highest BCUT2D eigenvalue weighted by atomic mass is 79.9. The van der Waals surface area contributed by atoms with Crippen LogP contribution >= 0.6 is 31.9 Å². The van der Waals surface area contributed by atoms with Crippen molar-refractivity contribution in [2.24, 2.45) is 0 Å². The summed E-state index contributed by atoms with van der Waals surface area (Å²) in [5.74, 6) is 0.900. The van der Waals surface area contributed by atoms with Crippen LogP contribution < -0.4 is 9.64 Å². The van der Waals surface area contributed by atoms with Crippen LogP contribution in [-0.2, 0) is 0 Å². The Morgan fingerprint density at radius 3 is 2.76 bits per heavy atom. The minimum atomic E-state index is 0.585. The predicted octanol–water partition coefficient (Wildman–Crippen LogP) is 4.28. The van der Waals surface area contributed by atoms with Gasteiger partial charge in [-0.15, -0.1) is 0 Å². The molecule has 0 spiro atoms. The lowest BCUT2D eigenvalue weighted by molar-refractivity contribution is 0.194. The number of hydrogen-bond donors (Lipinski definition) is 0. The van der Waals surface area contributed by atoms with Crippen LogP contribution in [0.5, 0.6) is 5.75 Å². The number of methoxy groups -OCH3 is 1. The molecule has 3 nitrogen and oxygen atoms in total. The van der Waals surface area contributed by atoms with Gasteiger partial charge in [0.2, 0.25) is 0 Å². The molecule has 2 fully saturated rings. The Balaban J connectivity index is 1.93. The number of ether oxygens (including phenoxy) is 1. The average molecular weight is 418 g/mol. The summed E-state index contributed by atoms with van der Waals surface area (Å²) < 4.78 is 7.61. The third kappa shape index (κ3) is 2.97. The van der Waals surface area contributed by atoms with Gasteiger partial charge in [0.05, 0.1) is 17.3 Å². The van der Waals surface area contributed by atoms with Crippen LogP contribution in [-0.4, -0.2) is 43.7 Å². The van der Waals surface area contributed by atoms with Gasteiger partial charge in [-0.1, -0.05) is 6.92 Å². The van der Waals surface area contributed by atoms with Crippen molar-refractivity contribution in [1.82, 2.24) is 4.90 Å². The van der Waals surface area contributed by atoms with Crippen LogP contribution in [0.15, 0.2) is 21.1 Å². The fraction of sp³-hybridized carbons (Fsp3) is 0.625. The van der Waals surface area contributed by atoms with Crippen molar-refractivity contribution in [2.75, 3.05) is 31.6 Å². The SMILES string of the molecule is CCC1CN2CCCC2CN1c1cc(OC)c(Br)cc1Br. The Morgan fingerprint density at radius 1 is 1.24 bits per heavy atom. The summed E-state index contributed by atoms with van der Waals surface area (Å²) in [6.45, 7) is 5.88. The van der Waals surface area contributed by atoms with Crippen molar-refractivity contribution in [3.05, 3.63) is 21.1 Å². The summed E-state index contributed by atoms with van der Waals surface area (Å²) in [6, 6.07) is 5.56. The third-order valence-electron chi connectivity index (χ3n) is 4.79. The molecule has 1 aromatic rings. The number of benzene rings is 1. The number of halogens is 2. The number of hydrogen-bond acceptors (Lipinski definition) is 3. The van der Waals surface area contributed by atoms with Gasteiger partial charge in [-0.05, 0) is 63.7 Å². The highest BCUT2D eigenvalue weighted by molar-refractivity contribution is 9.11. The largest absolute Gasteiger partial charge is 0.495 e.